The average molecular weight is 493 g/mol. The lowest BCUT2D eigenvalue weighted by atomic mass is 10.0. The van der Waals surface area contributed by atoms with Gasteiger partial charge >= 0.3 is 0 Å². The van der Waals surface area contributed by atoms with Gasteiger partial charge in [0.25, 0.3) is 5.69 Å². The van der Waals surface area contributed by atoms with Crippen LogP contribution in [0.25, 0.3) is 5.57 Å². The molecule has 2 aromatic heterocycles. The van der Waals surface area contributed by atoms with Gasteiger partial charge in [0, 0.05) is 56.4 Å². The molecule has 3 aromatic rings. The maximum absolute atomic E-state index is 11.9. The Labute approximate surface area is 210 Å². The summed E-state index contributed by atoms with van der Waals surface area (Å²) < 4.78 is 5.56. The summed E-state index contributed by atoms with van der Waals surface area (Å²) in [5.41, 5.74) is 9.60. The van der Waals surface area contributed by atoms with Crippen LogP contribution in [0.3, 0.4) is 0 Å². The minimum atomic E-state index is -0.408. The average Bonchev–Trinajstić information content (AvgIpc) is 2.88. The molecule has 1 aromatic carbocycles. The number of anilines is 3. The summed E-state index contributed by atoms with van der Waals surface area (Å²) in [6, 6.07) is 8.64. The summed E-state index contributed by atoms with van der Waals surface area (Å²) in [7, 11) is 7.23. The number of aromatic nitrogens is 3. The summed E-state index contributed by atoms with van der Waals surface area (Å²) in [6.07, 6.45) is 5.55. The van der Waals surface area contributed by atoms with Gasteiger partial charge in [-0.25, -0.2) is 9.97 Å². The van der Waals surface area contributed by atoms with Crippen LogP contribution in [0.4, 0.5) is 23.0 Å². The Morgan fingerprint density at radius 2 is 2.00 bits per heavy atom. The molecule has 36 heavy (non-hydrogen) atoms. The molecular weight excluding hydrogens is 460 g/mol. The lowest BCUT2D eigenvalue weighted by Crippen LogP contribution is -2.29. The fourth-order valence-electron chi connectivity index (χ4n) is 3.63. The number of nitro groups is 1. The summed E-state index contributed by atoms with van der Waals surface area (Å²) in [5, 5.41) is 15.0. The molecule has 2 heterocycles. The van der Waals surface area contributed by atoms with Gasteiger partial charge in [-0.3, -0.25) is 15.1 Å². The third kappa shape index (κ3) is 6.05. The fraction of sp³-hybridized carbons (Fsp3) is 0.320. The molecule has 0 aliphatic heterocycles. The number of methoxy groups -OCH3 is 1. The lowest BCUT2D eigenvalue weighted by molar-refractivity contribution is -0.384. The number of pyridine rings is 1. The maximum atomic E-state index is 11.9. The van der Waals surface area contributed by atoms with E-state index in [9.17, 15) is 10.1 Å². The van der Waals surface area contributed by atoms with E-state index in [1.165, 1.54) is 19.4 Å². The summed E-state index contributed by atoms with van der Waals surface area (Å²) >= 11 is 0. The van der Waals surface area contributed by atoms with Crippen LogP contribution in [0.5, 0.6) is 5.75 Å². The van der Waals surface area contributed by atoms with E-state index in [4.69, 9.17) is 15.5 Å². The van der Waals surface area contributed by atoms with Crippen LogP contribution in [0.15, 0.2) is 48.9 Å². The van der Waals surface area contributed by atoms with Gasteiger partial charge in [-0.2, -0.15) is 0 Å². The smallest absolute Gasteiger partial charge is 0.294 e. The van der Waals surface area contributed by atoms with Crippen LogP contribution in [-0.4, -0.2) is 66.1 Å². The molecule has 0 saturated carbocycles. The van der Waals surface area contributed by atoms with Crippen LogP contribution < -0.4 is 20.7 Å². The quantitative estimate of drug-likeness (QED) is 0.303. The van der Waals surface area contributed by atoms with E-state index in [1.807, 2.05) is 56.1 Å². The van der Waals surface area contributed by atoms with Crippen molar-refractivity contribution in [2.75, 3.05) is 51.6 Å². The molecule has 190 valence electrons. The molecule has 0 aliphatic rings. The van der Waals surface area contributed by atoms with Crippen molar-refractivity contribution in [2.45, 2.75) is 13.3 Å². The molecular formula is C25H32N8O3. The minimum absolute atomic E-state index is 0.0546. The van der Waals surface area contributed by atoms with Crippen molar-refractivity contribution >= 4 is 28.6 Å². The third-order valence-corrected chi connectivity index (χ3v) is 5.64. The SMILES string of the molecule is CCc1cnc(Nc2cc([N+](=O)[O-])c(N(C)CCN(C)C)cc2OC)nc1C(=CN)c1ccccn1. The molecule has 3 N–H and O–H groups in total. The Hall–Kier alpha value is -4.25. The van der Waals surface area contributed by atoms with Gasteiger partial charge < -0.3 is 25.6 Å². The molecule has 0 fully saturated rings. The zero-order chi connectivity index (χ0) is 26.2. The summed E-state index contributed by atoms with van der Waals surface area (Å²) in [4.78, 5) is 28.9. The first-order valence-electron chi connectivity index (χ1n) is 11.5. The molecule has 0 radical (unpaired) electrons. The van der Waals surface area contributed by atoms with Crippen molar-refractivity contribution in [3.05, 3.63) is 76.0 Å². The minimum Gasteiger partial charge on any atom is -0.494 e. The number of aryl methyl sites for hydroxylation is 1. The van der Waals surface area contributed by atoms with Crippen LogP contribution >= 0.6 is 0 Å². The normalized spacial score (nSPS) is 11.4. The van der Waals surface area contributed by atoms with Gasteiger partial charge in [-0.15, -0.1) is 0 Å². The largest absolute Gasteiger partial charge is 0.494 e. The first kappa shape index (κ1) is 26.4. The van der Waals surface area contributed by atoms with Gasteiger partial charge in [0.1, 0.15) is 11.4 Å². The van der Waals surface area contributed by atoms with Gasteiger partial charge in [0.05, 0.1) is 29.1 Å². The molecule has 0 spiro atoms. The summed E-state index contributed by atoms with van der Waals surface area (Å²) in [6.45, 7) is 3.35. The Morgan fingerprint density at radius 3 is 2.58 bits per heavy atom. The highest BCUT2D eigenvalue weighted by atomic mass is 16.6. The van der Waals surface area contributed by atoms with E-state index in [0.717, 1.165) is 12.1 Å². The topological polar surface area (TPSA) is 136 Å². The van der Waals surface area contributed by atoms with E-state index < -0.39 is 4.92 Å². The predicted molar refractivity (Wildman–Crippen MR) is 142 cm³/mol. The standard InChI is InChI=1S/C25H32N8O3/c1-6-17-16-28-25(30-24(17)18(15-26)19-9-7-8-10-27-19)29-20-13-22(33(34)35)21(14-23(20)36-5)32(4)12-11-31(2)3/h7-10,13-16H,6,11-12,26H2,1-5H3,(H,28,29,30). The monoisotopic (exact) mass is 492 g/mol. The number of nitro benzene ring substituents is 1. The predicted octanol–water partition coefficient (Wildman–Crippen LogP) is 3.44. The van der Waals surface area contributed by atoms with Crippen molar-refractivity contribution in [2.24, 2.45) is 5.73 Å². The number of hydrogen-bond donors (Lipinski definition) is 2. The molecule has 0 atom stereocenters. The number of ether oxygens (including phenoxy) is 1. The zero-order valence-electron chi connectivity index (χ0n) is 21.2. The summed E-state index contributed by atoms with van der Waals surface area (Å²) in [5.74, 6) is 0.676. The Kier molecular flexibility index (Phi) is 8.74. The second-order valence-corrected chi connectivity index (χ2v) is 8.36. The highest BCUT2D eigenvalue weighted by Gasteiger charge is 2.23. The lowest BCUT2D eigenvalue weighted by Gasteiger charge is -2.23. The molecule has 3 rings (SSSR count). The highest BCUT2D eigenvalue weighted by Crippen LogP contribution is 2.39. The highest BCUT2D eigenvalue weighted by molar-refractivity contribution is 5.79. The molecule has 0 bridgehead atoms. The van der Waals surface area contributed by atoms with Crippen molar-refractivity contribution in [3.63, 3.8) is 0 Å². The van der Waals surface area contributed by atoms with Gasteiger partial charge in [-0.1, -0.05) is 13.0 Å². The fourth-order valence-corrected chi connectivity index (χ4v) is 3.63. The van der Waals surface area contributed by atoms with Crippen molar-refractivity contribution in [1.82, 2.24) is 19.9 Å². The van der Waals surface area contributed by atoms with Crippen LogP contribution in [0.1, 0.15) is 23.9 Å². The third-order valence-electron chi connectivity index (χ3n) is 5.64. The Balaban J connectivity index is 2.03. The molecule has 0 amide bonds. The number of nitrogens with one attached hydrogen (secondary N) is 1. The number of nitrogens with zero attached hydrogens (tertiary/aromatic N) is 6. The van der Waals surface area contributed by atoms with Crippen molar-refractivity contribution in [1.29, 1.82) is 0 Å². The van der Waals surface area contributed by atoms with E-state index in [2.05, 4.69) is 15.3 Å². The number of hydrogen-bond acceptors (Lipinski definition) is 10. The van der Waals surface area contributed by atoms with Crippen LogP contribution in [0.2, 0.25) is 0 Å². The van der Waals surface area contributed by atoms with E-state index in [0.29, 0.717) is 47.1 Å². The van der Waals surface area contributed by atoms with Crippen molar-refractivity contribution in [3.8, 4) is 5.75 Å². The molecule has 0 saturated heterocycles. The number of rotatable bonds is 11. The first-order valence-corrected chi connectivity index (χ1v) is 11.5. The molecule has 11 nitrogen and oxygen atoms in total. The Morgan fingerprint density at radius 1 is 1.22 bits per heavy atom. The number of nitrogens with two attached hydrogens (primary N) is 1. The van der Waals surface area contributed by atoms with Crippen LogP contribution in [0, 0.1) is 10.1 Å². The number of benzene rings is 1. The van der Waals surface area contributed by atoms with Gasteiger partial charge in [-0.05, 0) is 38.2 Å². The Bertz CT molecular complexity index is 1230. The van der Waals surface area contributed by atoms with Gasteiger partial charge in [0.15, 0.2) is 0 Å². The second kappa shape index (κ2) is 11.9. The molecule has 11 heteroatoms. The van der Waals surface area contributed by atoms with E-state index in [1.54, 1.807) is 18.5 Å². The van der Waals surface area contributed by atoms with Crippen LogP contribution in [-0.2, 0) is 6.42 Å². The molecule has 0 unspecified atom stereocenters. The molecule has 0 aliphatic carbocycles. The number of likely N-dealkylation sites (N-methyl/N-ethyl adjacent to an activating group) is 2. The van der Waals surface area contributed by atoms with E-state index in [-0.39, 0.29) is 11.6 Å². The first-order chi connectivity index (χ1) is 17.3. The van der Waals surface area contributed by atoms with Crippen molar-refractivity contribution < 1.29 is 9.66 Å². The second-order valence-electron chi connectivity index (χ2n) is 8.36. The van der Waals surface area contributed by atoms with Gasteiger partial charge in [0.2, 0.25) is 5.95 Å². The maximum Gasteiger partial charge on any atom is 0.294 e. The van der Waals surface area contributed by atoms with E-state index >= 15 is 0 Å². The zero-order valence-corrected chi connectivity index (χ0v) is 21.2.